The number of hydrogen-bond donors (Lipinski definition) is 1. The van der Waals surface area contributed by atoms with Crippen molar-refractivity contribution in [2.75, 3.05) is 36.5 Å². The van der Waals surface area contributed by atoms with Gasteiger partial charge in [-0.15, -0.1) is 0 Å². The summed E-state index contributed by atoms with van der Waals surface area (Å²) in [5, 5.41) is 13.5. The van der Waals surface area contributed by atoms with Crippen molar-refractivity contribution in [3.05, 3.63) is 62.6 Å². The quantitative estimate of drug-likeness (QED) is 0.539. The standard InChI is InChI=1S/C20H16Cl3N3O2/c21-15-2-1-13(17(23)10-15)9-14(12-24)20(27)25-18-11-16(22)3-4-19(18)26-5-7-28-8-6-26/h1-4,9-11H,5-8H2,(H,25,27)/b14-9+. The summed E-state index contributed by atoms with van der Waals surface area (Å²) in [7, 11) is 0. The van der Waals surface area contributed by atoms with Crippen molar-refractivity contribution in [1.29, 1.82) is 5.26 Å². The zero-order valence-corrected chi connectivity index (χ0v) is 17.0. The lowest BCUT2D eigenvalue weighted by atomic mass is 10.1. The second-order valence-electron chi connectivity index (χ2n) is 6.05. The van der Waals surface area contributed by atoms with Gasteiger partial charge in [0.1, 0.15) is 11.6 Å². The van der Waals surface area contributed by atoms with Crippen molar-refractivity contribution in [2.24, 2.45) is 0 Å². The molecule has 0 aromatic heterocycles. The first-order valence-corrected chi connectivity index (χ1v) is 9.62. The number of nitrogens with zero attached hydrogens (tertiary/aromatic N) is 2. The van der Waals surface area contributed by atoms with Gasteiger partial charge < -0.3 is 15.0 Å². The smallest absolute Gasteiger partial charge is 0.266 e. The number of halogens is 3. The second-order valence-corrected chi connectivity index (χ2v) is 7.33. The second kappa shape index (κ2) is 9.31. The van der Waals surface area contributed by atoms with E-state index >= 15 is 0 Å². The van der Waals surface area contributed by atoms with Gasteiger partial charge in [-0.3, -0.25) is 4.79 Å². The first-order valence-electron chi connectivity index (χ1n) is 8.48. The summed E-state index contributed by atoms with van der Waals surface area (Å²) in [5.74, 6) is -0.551. The summed E-state index contributed by atoms with van der Waals surface area (Å²) in [5.41, 5.74) is 1.79. The maximum atomic E-state index is 12.7. The van der Waals surface area contributed by atoms with E-state index in [1.54, 1.807) is 30.3 Å². The molecule has 5 nitrogen and oxygen atoms in total. The third-order valence-electron chi connectivity index (χ3n) is 4.19. The molecule has 1 saturated heterocycles. The highest BCUT2D eigenvalue weighted by molar-refractivity contribution is 6.35. The molecule has 2 aromatic rings. The monoisotopic (exact) mass is 435 g/mol. The minimum Gasteiger partial charge on any atom is -0.378 e. The first-order chi connectivity index (χ1) is 13.5. The summed E-state index contributed by atoms with van der Waals surface area (Å²) in [6, 6.07) is 12.0. The van der Waals surface area contributed by atoms with E-state index in [4.69, 9.17) is 39.5 Å². The van der Waals surface area contributed by atoms with Crippen LogP contribution in [0.1, 0.15) is 5.56 Å². The highest BCUT2D eigenvalue weighted by atomic mass is 35.5. The van der Waals surface area contributed by atoms with Crippen LogP contribution < -0.4 is 10.2 Å². The molecule has 0 spiro atoms. The molecule has 0 unspecified atom stereocenters. The van der Waals surface area contributed by atoms with Crippen LogP contribution in [0.15, 0.2) is 42.0 Å². The Morgan fingerprint density at radius 2 is 1.79 bits per heavy atom. The lowest BCUT2D eigenvalue weighted by Gasteiger charge is -2.30. The van der Waals surface area contributed by atoms with E-state index in [9.17, 15) is 10.1 Å². The van der Waals surface area contributed by atoms with Gasteiger partial charge in [0.2, 0.25) is 0 Å². The van der Waals surface area contributed by atoms with Crippen LogP contribution in [-0.4, -0.2) is 32.2 Å². The lowest BCUT2D eigenvalue weighted by molar-refractivity contribution is -0.112. The number of nitriles is 1. The molecule has 1 heterocycles. The molecule has 0 aliphatic carbocycles. The number of benzene rings is 2. The fourth-order valence-corrected chi connectivity index (χ4v) is 3.44. The normalized spacial score (nSPS) is 14.5. The summed E-state index contributed by atoms with van der Waals surface area (Å²) < 4.78 is 5.38. The molecule has 3 rings (SSSR count). The number of ether oxygens (including phenoxy) is 1. The number of hydrogen-bond acceptors (Lipinski definition) is 4. The number of carbonyl (C=O) groups is 1. The van der Waals surface area contributed by atoms with Gasteiger partial charge in [0.15, 0.2) is 0 Å². The molecule has 2 aromatic carbocycles. The van der Waals surface area contributed by atoms with Gasteiger partial charge >= 0.3 is 0 Å². The van der Waals surface area contributed by atoms with Crippen molar-refractivity contribution in [3.63, 3.8) is 0 Å². The van der Waals surface area contributed by atoms with Crippen molar-refractivity contribution in [2.45, 2.75) is 0 Å². The Balaban J connectivity index is 1.87. The number of carbonyl (C=O) groups excluding carboxylic acids is 1. The molecular formula is C20H16Cl3N3O2. The van der Waals surface area contributed by atoms with Crippen LogP contribution in [0.3, 0.4) is 0 Å². The van der Waals surface area contributed by atoms with E-state index in [1.165, 1.54) is 6.08 Å². The van der Waals surface area contributed by atoms with E-state index in [0.717, 1.165) is 5.69 Å². The largest absolute Gasteiger partial charge is 0.378 e. The van der Waals surface area contributed by atoms with Crippen molar-refractivity contribution in [3.8, 4) is 6.07 Å². The van der Waals surface area contributed by atoms with E-state index in [-0.39, 0.29) is 5.57 Å². The van der Waals surface area contributed by atoms with Crippen LogP contribution in [0.25, 0.3) is 6.08 Å². The van der Waals surface area contributed by atoms with E-state index in [2.05, 4.69) is 10.2 Å². The van der Waals surface area contributed by atoms with Crippen molar-refractivity contribution in [1.82, 2.24) is 0 Å². The minimum atomic E-state index is -0.551. The summed E-state index contributed by atoms with van der Waals surface area (Å²) >= 11 is 18.1. The number of morpholine rings is 1. The maximum absolute atomic E-state index is 12.7. The third kappa shape index (κ3) is 4.98. The first kappa shape index (κ1) is 20.5. The van der Waals surface area contributed by atoms with Crippen LogP contribution in [0.2, 0.25) is 15.1 Å². The Kier molecular flexibility index (Phi) is 6.82. The van der Waals surface area contributed by atoms with Gasteiger partial charge in [-0.1, -0.05) is 40.9 Å². The molecule has 1 N–H and O–H groups in total. The Morgan fingerprint density at radius 3 is 2.46 bits per heavy atom. The fraction of sp³-hybridized carbons (Fsp3) is 0.200. The number of anilines is 2. The Hall–Kier alpha value is -2.23. The van der Waals surface area contributed by atoms with E-state index < -0.39 is 5.91 Å². The highest BCUT2D eigenvalue weighted by Crippen LogP contribution is 2.30. The van der Waals surface area contributed by atoms with E-state index in [1.807, 2.05) is 12.1 Å². The van der Waals surface area contributed by atoms with Crippen LogP contribution in [0.5, 0.6) is 0 Å². The molecular weight excluding hydrogens is 421 g/mol. The van der Waals surface area contributed by atoms with Crippen molar-refractivity contribution < 1.29 is 9.53 Å². The predicted octanol–water partition coefficient (Wildman–Crippen LogP) is 5.03. The molecule has 1 amide bonds. The molecule has 8 heteroatoms. The molecule has 0 atom stereocenters. The highest BCUT2D eigenvalue weighted by Gasteiger charge is 2.18. The summed E-state index contributed by atoms with van der Waals surface area (Å²) in [4.78, 5) is 14.8. The van der Waals surface area contributed by atoms with Crippen molar-refractivity contribution >= 4 is 58.2 Å². The van der Waals surface area contributed by atoms with Gasteiger partial charge in [0, 0.05) is 28.2 Å². The number of amides is 1. The third-order valence-corrected chi connectivity index (χ3v) is 4.98. The topological polar surface area (TPSA) is 65.4 Å². The van der Waals surface area contributed by atoms with Gasteiger partial charge in [0.25, 0.3) is 5.91 Å². The molecule has 0 radical (unpaired) electrons. The number of nitrogens with one attached hydrogen (secondary N) is 1. The van der Waals surface area contributed by atoms with Crippen LogP contribution in [-0.2, 0) is 9.53 Å². The summed E-state index contributed by atoms with van der Waals surface area (Å²) in [6.07, 6.45) is 1.42. The number of rotatable bonds is 4. The molecule has 1 aliphatic rings. The molecule has 0 bridgehead atoms. The Morgan fingerprint density at radius 1 is 1.11 bits per heavy atom. The van der Waals surface area contributed by atoms with Gasteiger partial charge in [-0.2, -0.15) is 5.26 Å². The average Bonchev–Trinajstić information content (AvgIpc) is 2.68. The average molecular weight is 437 g/mol. The fourth-order valence-electron chi connectivity index (χ4n) is 2.80. The predicted molar refractivity (Wildman–Crippen MR) is 113 cm³/mol. The van der Waals surface area contributed by atoms with E-state index in [0.29, 0.717) is 52.6 Å². The molecule has 0 saturated carbocycles. The molecule has 144 valence electrons. The van der Waals surface area contributed by atoms with Gasteiger partial charge in [-0.25, -0.2) is 0 Å². The van der Waals surface area contributed by atoms with Crippen LogP contribution in [0, 0.1) is 11.3 Å². The van der Waals surface area contributed by atoms with Crippen LogP contribution in [0.4, 0.5) is 11.4 Å². The molecule has 28 heavy (non-hydrogen) atoms. The molecule has 1 aliphatic heterocycles. The van der Waals surface area contributed by atoms with Gasteiger partial charge in [0.05, 0.1) is 24.6 Å². The van der Waals surface area contributed by atoms with Gasteiger partial charge in [-0.05, 0) is 42.0 Å². The minimum absolute atomic E-state index is 0.0860. The van der Waals surface area contributed by atoms with Crippen LogP contribution >= 0.6 is 34.8 Å². The lowest BCUT2D eigenvalue weighted by Crippen LogP contribution is -2.36. The SMILES string of the molecule is N#C/C(=C\c1ccc(Cl)cc1Cl)C(=O)Nc1cc(Cl)ccc1N1CCOCC1. The Labute approximate surface area is 178 Å². The maximum Gasteiger partial charge on any atom is 0.266 e. The molecule has 1 fully saturated rings. The zero-order valence-electron chi connectivity index (χ0n) is 14.7. The zero-order chi connectivity index (χ0) is 20.1. The summed E-state index contributed by atoms with van der Waals surface area (Å²) in [6.45, 7) is 2.61. The Bertz CT molecular complexity index is 964.